The Morgan fingerprint density at radius 2 is 1.80 bits per heavy atom. The summed E-state index contributed by atoms with van der Waals surface area (Å²) in [6.07, 6.45) is 1.30. The van der Waals surface area contributed by atoms with E-state index in [1.807, 2.05) is 0 Å². The van der Waals surface area contributed by atoms with E-state index in [0.29, 0.717) is 17.7 Å². The van der Waals surface area contributed by atoms with E-state index >= 15 is 0 Å². The number of ether oxygens (including phenoxy) is 2. The topological polar surface area (TPSA) is 72.8 Å². The number of halogens is 1. The van der Waals surface area contributed by atoms with Gasteiger partial charge < -0.3 is 14.6 Å². The lowest BCUT2D eigenvalue weighted by atomic mass is 10.0. The Morgan fingerprint density at radius 3 is 2.44 bits per heavy atom. The van der Waals surface area contributed by atoms with Crippen molar-refractivity contribution in [2.24, 2.45) is 0 Å². The molecule has 0 aliphatic heterocycles. The highest BCUT2D eigenvalue weighted by molar-refractivity contribution is 5.92. The van der Waals surface area contributed by atoms with E-state index in [2.05, 4.69) is 6.92 Å². The molecule has 0 spiro atoms. The molecule has 0 saturated heterocycles. The first kappa shape index (κ1) is 18.4. The summed E-state index contributed by atoms with van der Waals surface area (Å²) in [5.41, 5.74) is 1.16. The number of hydrogen-bond acceptors (Lipinski definition) is 4. The molecule has 25 heavy (non-hydrogen) atoms. The van der Waals surface area contributed by atoms with E-state index < -0.39 is 17.9 Å². The average Bonchev–Trinajstić information content (AvgIpc) is 2.59. The van der Waals surface area contributed by atoms with Crippen molar-refractivity contribution in [3.05, 3.63) is 53.8 Å². The molecular formula is C19H19FO5. The molecule has 0 fully saturated rings. The Labute approximate surface area is 145 Å². The molecule has 0 amide bonds. The molecule has 0 unspecified atom stereocenters. The minimum atomic E-state index is -1.47. The van der Waals surface area contributed by atoms with E-state index in [4.69, 9.17) is 14.6 Å². The largest absolute Gasteiger partial charge is 0.511 e. The molecule has 0 aromatic heterocycles. The van der Waals surface area contributed by atoms with Gasteiger partial charge in [-0.25, -0.2) is 14.0 Å². The SMILES string of the molecule is CCCCCOC(=O)c1ccc(OC(=O)O)c(-c2ccc(F)cc2)c1. The average molecular weight is 346 g/mol. The Bertz CT molecular complexity index is 740. The lowest BCUT2D eigenvalue weighted by molar-refractivity contribution is 0.0498. The van der Waals surface area contributed by atoms with Crippen LogP contribution in [0.15, 0.2) is 42.5 Å². The standard InChI is InChI=1S/C19H19FO5/c1-2-3-4-11-24-18(21)14-7-10-17(25-19(22)23)16(12-14)13-5-8-15(20)9-6-13/h5-10,12H,2-4,11H2,1H3,(H,22,23). The zero-order valence-corrected chi connectivity index (χ0v) is 13.8. The molecule has 1 N–H and O–H groups in total. The normalized spacial score (nSPS) is 10.3. The quantitative estimate of drug-likeness (QED) is 0.439. The summed E-state index contributed by atoms with van der Waals surface area (Å²) < 4.78 is 23.1. The summed E-state index contributed by atoms with van der Waals surface area (Å²) in [6, 6.07) is 9.76. The van der Waals surface area contributed by atoms with Crippen LogP contribution in [-0.2, 0) is 4.74 Å². The Hall–Kier alpha value is -2.89. The molecule has 5 nitrogen and oxygen atoms in total. The Balaban J connectivity index is 2.28. The summed E-state index contributed by atoms with van der Waals surface area (Å²) in [6.45, 7) is 2.38. The molecule has 0 atom stereocenters. The van der Waals surface area contributed by atoms with Crippen molar-refractivity contribution in [2.45, 2.75) is 26.2 Å². The monoisotopic (exact) mass is 346 g/mol. The minimum absolute atomic E-state index is 0.0571. The number of benzene rings is 2. The summed E-state index contributed by atoms with van der Waals surface area (Å²) in [7, 11) is 0. The van der Waals surface area contributed by atoms with Gasteiger partial charge in [0.2, 0.25) is 0 Å². The van der Waals surface area contributed by atoms with E-state index in [9.17, 15) is 14.0 Å². The zero-order valence-electron chi connectivity index (χ0n) is 13.8. The van der Waals surface area contributed by atoms with Crippen molar-refractivity contribution in [2.75, 3.05) is 6.61 Å². The van der Waals surface area contributed by atoms with Gasteiger partial charge in [-0.1, -0.05) is 31.9 Å². The molecule has 0 aliphatic carbocycles. The van der Waals surface area contributed by atoms with Crippen LogP contribution in [0.4, 0.5) is 9.18 Å². The third-order valence-corrected chi connectivity index (χ3v) is 3.55. The molecule has 0 bridgehead atoms. The number of unbranched alkanes of at least 4 members (excludes halogenated alkanes) is 2. The molecule has 0 radical (unpaired) electrons. The van der Waals surface area contributed by atoms with Crippen LogP contribution in [0.5, 0.6) is 5.75 Å². The van der Waals surface area contributed by atoms with Crippen molar-refractivity contribution in [1.82, 2.24) is 0 Å². The third-order valence-electron chi connectivity index (χ3n) is 3.55. The van der Waals surface area contributed by atoms with Crippen LogP contribution in [0.3, 0.4) is 0 Å². The van der Waals surface area contributed by atoms with Crippen molar-refractivity contribution in [1.29, 1.82) is 0 Å². The van der Waals surface area contributed by atoms with Crippen LogP contribution in [0, 0.1) is 5.82 Å². The van der Waals surface area contributed by atoms with Gasteiger partial charge in [0.15, 0.2) is 0 Å². The molecule has 2 rings (SSSR count). The lowest BCUT2D eigenvalue weighted by Crippen LogP contribution is -2.08. The van der Waals surface area contributed by atoms with Crippen molar-refractivity contribution in [3.8, 4) is 16.9 Å². The van der Waals surface area contributed by atoms with Crippen LogP contribution in [0.1, 0.15) is 36.5 Å². The molecule has 2 aromatic carbocycles. The highest BCUT2D eigenvalue weighted by Gasteiger charge is 2.15. The minimum Gasteiger partial charge on any atom is -0.462 e. The smallest absolute Gasteiger partial charge is 0.462 e. The van der Waals surface area contributed by atoms with E-state index in [1.165, 1.54) is 42.5 Å². The van der Waals surface area contributed by atoms with Crippen LogP contribution >= 0.6 is 0 Å². The van der Waals surface area contributed by atoms with Crippen molar-refractivity contribution < 1.29 is 28.6 Å². The first-order valence-electron chi connectivity index (χ1n) is 7.99. The van der Waals surface area contributed by atoms with Crippen molar-refractivity contribution in [3.63, 3.8) is 0 Å². The van der Waals surface area contributed by atoms with Gasteiger partial charge in [0.1, 0.15) is 11.6 Å². The molecule has 0 aliphatic rings. The van der Waals surface area contributed by atoms with Crippen molar-refractivity contribution >= 4 is 12.1 Å². The third kappa shape index (κ3) is 5.31. The number of esters is 1. The number of rotatable bonds is 7. The lowest BCUT2D eigenvalue weighted by Gasteiger charge is -2.11. The summed E-state index contributed by atoms with van der Waals surface area (Å²) in [5.74, 6) is -0.862. The number of carbonyl (C=O) groups is 2. The highest BCUT2D eigenvalue weighted by atomic mass is 19.1. The van der Waals surface area contributed by atoms with Crippen LogP contribution in [0.2, 0.25) is 0 Å². The Morgan fingerprint density at radius 1 is 1.08 bits per heavy atom. The van der Waals surface area contributed by atoms with Gasteiger partial charge in [-0.3, -0.25) is 0 Å². The maximum absolute atomic E-state index is 13.1. The van der Waals surface area contributed by atoms with E-state index in [0.717, 1.165) is 19.3 Å². The number of hydrogen-bond donors (Lipinski definition) is 1. The van der Waals surface area contributed by atoms with E-state index in [1.54, 1.807) is 0 Å². The van der Waals surface area contributed by atoms with Crippen LogP contribution in [0.25, 0.3) is 11.1 Å². The fourth-order valence-electron chi connectivity index (χ4n) is 2.30. The molecular weight excluding hydrogens is 327 g/mol. The first-order chi connectivity index (χ1) is 12.0. The van der Waals surface area contributed by atoms with Crippen LogP contribution < -0.4 is 4.74 Å². The van der Waals surface area contributed by atoms with Gasteiger partial charge in [0, 0.05) is 5.56 Å². The maximum atomic E-state index is 13.1. The molecule has 2 aromatic rings. The Kier molecular flexibility index (Phi) is 6.51. The number of carbonyl (C=O) groups excluding carboxylic acids is 1. The molecule has 6 heteroatoms. The van der Waals surface area contributed by atoms with Crippen LogP contribution in [-0.4, -0.2) is 23.8 Å². The van der Waals surface area contributed by atoms with Gasteiger partial charge in [-0.2, -0.15) is 0 Å². The number of carboxylic acid groups (broad SMARTS) is 1. The van der Waals surface area contributed by atoms with Gasteiger partial charge >= 0.3 is 12.1 Å². The zero-order chi connectivity index (χ0) is 18.2. The second-order valence-corrected chi connectivity index (χ2v) is 5.43. The molecule has 132 valence electrons. The summed E-state index contributed by atoms with van der Waals surface area (Å²) in [5, 5.41) is 8.85. The van der Waals surface area contributed by atoms with Gasteiger partial charge in [-0.15, -0.1) is 0 Å². The first-order valence-corrected chi connectivity index (χ1v) is 7.99. The second-order valence-electron chi connectivity index (χ2n) is 5.43. The van der Waals surface area contributed by atoms with E-state index in [-0.39, 0.29) is 11.3 Å². The van der Waals surface area contributed by atoms with Gasteiger partial charge in [0.25, 0.3) is 0 Å². The molecule has 0 saturated carbocycles. The summed E-state index contributed by atoms with van der Waals surface area (Å²) >= 11 is 0. The highest BCUT2D eigenvalue weighted by Crippen LogP contribution is 2.31. The fourth-order valence-corrected chi connectivity index (χ4v) is 2.30. The van der Waals surface area contributed by atoms with Gasteiger partial charge in [-0.05, 0) is 42.3 Å². The fraction of sp³-hybridized carbons (Fsp3) is 0.263. The maximum Gasteiger partial charge on any atom is 0.511 e. The second kappa shape index (κ2) is 8.82. The predicted molar refractivity (Wildman–Crippen MR) is 90.3 cm³/mol. The summed E-state index contributed by atoms with van der Waals surface area (Å²) in [4.78, 5) is 23.0. The van der Waals surface area contributed by atoms with Gasteiger partial charge in [0.05, 0.1) is 12.2 Å². The molecule has 0 heterocycles. The predicted octanol–water partition coefficient (Wildman–Crippen LogP) is 4.90.